The quantitative estimate of drug-likeness (QED) is 0.743. The summed E-state index contributed by atoms with van der Waals surface area (Å²) >= 11 is 0. The van der Waals surface area contributed by atoms with Crippen LogP contribution in [0.15, 0.2) is 60.1 Å². The highest BCUT2D eigenvalue weighted by atomic mass is 16.1. The molecule has 1 aliphatic heterocycles. The Balaban J connectivity index is 1.61. The number of ketones is 1. The van der Waals surface area contributed by atoms with Crippen molar-refractivity contribution in [1.82, 2.24) is 19.7 Å². The number of Topliss-reactive ketones (excluding diaryl/α,β-unsaturated/α-hetero) is 1. The van der Waals surface area contributed by atoms with E-state index < -0.39 is 0 Å². The molecule has 1 aliphatic carbocycles. The molecule has 1 N–H and O–H groups in total. The fraction of sp³-hybridized carbons (Fsp3) is 0.273. The number of benzene rings is 1. The molecular weight excluding hydrogens is 364 g/mol. The normalized spacial score (nSPS) is 18.1. The zero-order valence-electron chi connectivity index (χ0n) is 16.5. The molecule has 29 heavy (non-hydrogen) atoms. The van der Waals surface area contributed by atoms with Gasteiger partial charge >= 0.3 is 0 Å². The fourth-order valence-corrected chi connectivity index (χ4v) is 4.03. The van der Waals surface area contributed by atoms with Crippen molar-refractivity contribution < 1.29 is 4.79 Å². The van der Waals surface area contributed by atoms with E-state index in [1.54, 1.807) is 12.4 Å². The summed E-state index contributed by atoms with van der Waals surface area (Å²) < 4.78 is 1.83. The molecule has 3 aromatic rings. The van der Waals surface area contributed by atoms with Gasteiger partial charge in [0, 0.05) is 55.4 Å². The van der Waals surface area contributed by atoms with Crippen LogP contribution in [0.4, 0.5) is 11.6 Å². The zero-order valence-corrected chi connectivity index (χ0v) is 16.5. The lowest BCUT2D eigenvalue weighted by Gasteiger charge is -2.31. The number of hydrogen-bond acceptors (Lipinski definition) is 6. The van der Waals surface area contributed by atoms with Gasteiger partial charge in [0.05, 0.1) is 0 Å². The predicted octanol–water partition coefficient (Wildman–Crippen LogP) is 3.43. The van der Waals surface area contributed by atoms with Crippen molar-refractivity contribution in [3.63, 3.8) is 0 Å². The molecule has 0 spiro atoms. The Hall–Kier alpha value is -3.48. The third kappa shape index (κ3) is 2.99. The van der Waals surface area contributed by atoms with Crippen molar-refractivity contribution in [3.8, 4) is 11.4 Å². The van der Waals surface area contributed by atoms with Gasteiger partial charge in [-0.3, -0.25) is 9.78 Å². The van der Waals surface area contributed by atoms with E-state index in [1.165, 1.54) is 0 Å². The van der Waals surface area contributed by atoms with Crippen LogP contribution in [0.25, 0.3) is 11.4 Å². The van der Waals surface area contributed by atoms with E-state index >= 15 is 0 Å². The molecule has 2 aliphatic rings. The summed E-state index contributed by atoms with van der Waals surface area (Å²) in [5, 5.41) is 8.16. The summed E-state index contributed by atoms with van der Waals surface area (Å²) in [4.78, 5) is 23.9. The molecule has 1 atom stereocenters. The van der Waals surface area contributed by atoms with Gasteiger partial charge in [-0.25, -0.2) is 4.68 Å². The molecule has 1 aromatic carbocycles. The van der Waals surface area contributed by atoms with Crippen molar-refractivity contribution in [2.24, 2.45) is 0 Å². The van der Waals surface area contributed by atoms with Crippen LogP contribution in [0.5, 0.6) is 0 Å². The fourth-order valence-electron chi connectivity index (χ4n) is 4.03. The van der Waals surface area contributed by atoms with Gasteiger partial charge < -0.3 is 10.2 Å². The number of carbonyl (C=O) groups excluding carboxylic acids is 1. The molecule has 0 saturated heterocycles. The minimum Gasteiger partial charge on any atom is -0.378 e. The first kappa shape index (κ1) is 17.6. The van der Waals surface area contributed by atoms with Crippen LogP contribution in [-0.4, -0.2) is 39.6 Å². The third-order valence-electron chi connectivity index (χ3n) is 5.51. The Morgan fingerprint density at radius 2 is 1.97 bits per heavy atom. The van der Waals surface area contributed by atoms with Crippen molar-refractivity contribution >= 4 is 17.4 Å². The maximum Gasteiger partial charge on any atom is 0.226 e. The topological polar surface area (TPSA) is 75.9 Å². The van der Waals surface area contributed by atoms with E-state index in [1.807, 2.05) is 55.2 Å². The van der Waals surface area contributed by atoms with Gasteiger partial charge in [0.1, 0.15) is 6.04 Å². The Morgan fingerprint density at radius 3 is 2.69 bits per heavy atom. The highest BCUT2D eigenvalue weighted by molar-refractivity contribution is 5.99. The van der Waals surface area contributed by atoms with E-state index in [2.05, 4.69) is 15.2 Å². The van der Waals surface area contributed by atoms with Gasteiger partial charge in [-0.15, -0.1) is 5.10 Å². The first-order valence-electron chi connectivity index (χ1n) is 9.79. The maximum atomic E-state index is 12.8. The SMILES string of the molecule is CN(C)c1ccc(-c2nc3n(n2)[C@@H](c2cccnc2)C2=C(CCCC2=O)N3)cc1. The van der Waals surface area contributed by atoms with Gasteiger partial charge in [-0.05, 0) is 48.7 Å². The zero-order chi connectivity index (χ0) is 20.0. The number of rotatable bonds is 3. The van der Waals surface area contributed by atoms with Crippen molar-refractivity contribution in [3.05, 3.63) is 65.6 Å². The number of hydrogen-bond donors (Lipinski definition) is 1. The van der Waals surface area contributed by atoms with Crippen LogP contribution < -0.4 is 10.2 Å². The summed E-state index contributed by atoms with van der Waals surface area (Å²) in [5.74, 6) is 1.48. The molecule has 7 heteroatoms. The second kappa shape index (κ2) is 6.84. The lowest BCUT2D eigenvalue weighted by atomic mass is 9.86. The van der Waals surface area contributed by atoms with Crippen LogP contribution in [0.1, 0.15) is 30.9 Å². The van der Waals surface area contributed by atoms with Crippen molar-refractivity contribution in [2.45, 2.75) is 25.3 Å². The second-order valence-corrected chi connectivity index (χ2v) is 7.63. The Kier molecular flexibility index (Phi) is 4.16. The van der Waals surface area contributed by atoms with Crippen LogP contribution >= 0.6 is 0 Å². The van der Waals surface area contributed by atoms with Gasteiger partial charge in [0.25, 0.3) is 0 Å². The van der Waals surface area contributed by atoms with Gasteiger partial charge in [0.2, 0.25) is 5.95 Å². The molecule has 3 heterocycles. The van der Waals surface area contributed by atoms with E-state index in [0.717, 1.165) is 40.9 Å². The summed E-state index contributed by atoms with van der Waals surface area (Å²) in [5.41, 5.74) is 4.75. The highest BCUT2D eigenvalue weighted by Gasteiger charge is 2.36. The summed E-state index contributed by atoms with van der Waals surface area (Å²) in [6.45, 7) is 0. The third-order valence-corrected chi connectivity index (χ3v) is 5.51. The molecule has 146 valence electrons. The van der Waals surface area contributed by atoms with E-state index in [0.29, 0.717) is 18.2 Å². The summed E-state index contributed by atoms with van der Waals surface area (Å²) in [6.07, 6.45) is 5.82. The van der Waals surface area contributed by atoms with E-state index in [9.17, 15) is 4.79 Å². The van der Waals surface area contributed by atoms with Crippen molar-refractivity contribution in [2.75, 3.05) is 24.3 Å². The number of allylic oxidation sites excluding steroid dienone is 2. The van der Waals surface area contributed by atoms with Crippen molar-refractivity contribution in [1.29, 1.82) is 0 Å². The number of anilines is 2. The van der Waals surface area contributed by atoms with Crippen LogP contribution in [0.2, 0.25) is 0 Å². The highest BCUT2D eigenvalue weighted by Crippen LogP contribution is 2.40. The monoisotopic (exact) mass is 386 g/mol. The molecule has 0 bridgehead atoms. The average molecular weight is 386 g/mol. The molecule has 0 radical (unpaired) electrons. The Labute approximate surface area is 169 Å². The molecule has 0 fully saturated rings. The van der Waals surface area contributed by atoms with Crippen LogP contribution in [0.3, 0.4) is 0 Å². The summed E-state index contributed by atoms with van der Waals surface area (Å²) in [6, 6.07) is 11.7. The van der Waals surface area contributed by atoms with E-state index in [4.69, 9.17) is 10.1 Å². The van der Waals surface area contributed by atoms with Gasteiger partial charge in [0.15, 0.2) is 11.6 Å². The molecule has 0 saturated carbocycles. The molecule has 2 aromatic heterocycles. The number of nitrogens with zero attached hydrogens (tertiary/aromatic N) is 5. The number of fused-ring (bicyclic) bond motifs is 1. The Morgan fingerprint density at radius 1 is 1.14 bits per heavy atom. The summed E-state index contributed by atoms with van der Waals surface area (Å²) in [7, 11) is 4.02. The molecule has 0 amide bonds. The molecular formula is C22H22N6O. The molecule has 7 nitrogen and oxygen atoms in total. The molecule has 0 unspecified atom stereocenters. The number of aromatic nitrogens is 4. The first-order valence-corrected chi connectivity index (χ1v) is 9.79. The predicted molar refractivity (Wildman–Crippen MR) is 112 cm³/mol. The number of carbonyl (C=O) groups is 1. The average Bonchev–Trinajstić information content (AvgIpc) is 3.17. The maximum absolute atomic E-state index is 12.8. The van der Waals surface area contributed by atoms with Crippen LogP contribution in [-0.2, 0) is 4.79 Å². The minimum absolute atomic E-state index is 0.172. The second-order valence-electron chi connectivity index (χ2n) is 7.63. The number of pyridine rings is 1. The lowest BCUT2D eigenvalue weighted by molar-refractivity contribution is -0.116. The number of nitrogens with one attached hydrogen (secondary N) is 1. The first-order chi connectivity index (χ1) is 14.1. The minimum atomic E-state index is -0.301. The van der Waals surface area contributed by atoms with E-state index in [-0.39, 0.29) is 11.8 Å². The molecule has 5 rings (SSSR count). The smallest absolute Gasteiger partial charge is 0.226 e. The Bertz CT molecular complexity index is 1100. The lowest BCUT2D eigenvalue weighted by Crippen LogP contribution is -2.31. The standard InChI is InChI=1S/C22H22N6O/c1-27(2)16-10-8-14(9-11-16)21-25-22-24-17-6-3-7-18(29)19(17)20(28(22)26-21)15-5-4-12-23-13-15/h4-5,8-13,20H,3,6-7H2,1-2H3,(H,24,25,26)/t20-/m0/s1. The van der Waals surface area contributed by atoms with Gasteiger partial charge in [-0.1, -0.05) is 6.07 Å². The van der Waals surface area contributed by atoms with Gasteiger partial charge in [-0.2, -0.15) is 4.98 Å². The largest absolute Gasteiger partial charge is 0.378 e. The van der Waals surface area contributed by atoms with Crippen LogP contribution in [0, 0.1) is 0 Å².